The molecule has 5 heteroatoms. The lowest BCUT2D eigenvalue weighted by Crippen LogP contribution is -2.06. The van der Waals surface area contributed by atoms with Gasteiger partial charge >= 0.3 is 5.97 Å². The van der Waals surface area contributed by atoms with Crippen molar-refractivity contribution in [3.63, 3.8) is 0 Å². The molecule has 0 saturated heterocycles. The summed E-state index contributed by atoms with van der Waals surface area (Å²) in [4.78, 5) is 16.3. The number of aryl methyl sites for hydroxylation is 1. The molecule has 0 spiro atoms. The molecule has 0 aliphatic heterocycles. The Labute approximate surface area is 144 Å². The van der Waals surface area contributed by atoms with Gasteiger partial charge in [0.1, 0.15) is 16.9 Å². The molecule has 1 heterocycles. The van der Waals surface area contributed by atoms with Crippen molar-refractivity contribution in [2.45, 2.75) is 20.3 Å². The summed E-state index contributed by atoms with van der Waals surface area (Å²) in [6.45, 7) is 3.80. The number of esters is 1. The number of hydrogen-bond donors (Lipinski definition) is 1. The third-order valence-corrected chi connectivity index (χ3v) is 4.03. The molecule has 0 radical (unpaired) electrons. The van der Waals surface area contributed by atoms with E-state index in [9.17, 15) is 14.3 Å². The highest BCUT2D eigenvalue weighted by molar-refractivity contribution is 6.01. The maximum atomic E-state index is 13.0. The number of pyridine rings is 1. The van der Waals surface area contributed by atoms with Gasteiger partial charge in [-0.2, -0.15) is 0 Å². The first kappa shape index (κ1) is 16.9. The van der Waals surface area contributed by atoms with Crippen molar-refractivity contribution in [1.29, 1.82) is 0 Å². The van der Waals surface area contributed by atoms with Gasteiger partial charge in [0, 0.05) is 11.6 Å². The summed E-state index contributed by atoms with van der Waals surface area (Å²) in [5.41, 5.74) is 3.21. The largest absolute Gasteiger partial charge is 0.505 e. The highest BCUT2D eigenvalue weighted by Crippen LogP contribution is 2.31. The standard InChI is InChI=1S/C20H18FNO3/c1-3-25-20(24)17-8-12(2)16-10-14(11-22-18(16)19(17)23)9-13-4-6-15(21)7-5-13/h4-8,10-11,23H,3,9H2,1-2H3. The fraction of sp³-hybridized carbons (Fsp3) is 0.200. The summed E-state index contributed by atoms with van der Waals surface area (Å²) in [7, 11) is 0. The summed E-state index contributed by atoms with van der Waals surface area (Å²) < 4.78 is 18.0. The zero-order valence-electron chi connectivity index (χ0n) is 14.0. The number of phenols is 1. The fourth-order valence-corrected chi connectivity index (χ4v) is 2.79. The molecule has 0 unspecified atom stereocenters. The average Bonchev–Trinajstić information content (AvgIpc) is 2.60. The minimum Gasteiger partial charge on any atom is -0.505 e. The molecule has 0 aliphatic rings. The van der Waals surface area contributed by atoms with E-state index in [-0.39, 0.29) is 23.7 Å². The van der Waals surface area contributed by atoms with E-state index in [1.54, 1.807) is 31.3 Å². The lowest BCUT2D eigenvalue weighted by molar-refractivity contribution is 0.0523. The molecule has 25 heavy (non-hydrogen) atoms. The van der Waals surface area contributed by atoms with Crippen LogP contribution in [0, 0.1) is 12.7 Å². The SMILES string of the molecule is CCOC(=O)c1cc(C)c2cc(Cc3ccc(F)cc3)cnc2c1O. The van der Waals surface area contributed by atoms with E-state index in [4.69, 9.17) is 4.74 Å². The van der Waals surface area contributed by atoms with Gasteiger partial charge in [-0.3, -0.25) is 4.98 Å². The van der Waals surface area contributed by atoms with Crippen molar-refractivity contribution in [3.8, 4) is 5.75 Å². The molecule has 1 N–H and O–H groups in total. The average molecular weight is 339 g/mol. The Morgan fingerprint density at radius 2 is 1.92 bits per heavy atom. The van der Waals surface area contributed by atoms with Crippen LogP contribution in [0.4, 0.5) is 4.39 Å². The fourth-order valence-electron chi connectivity index (χ4n) is 2.79. The van der Waals surface area contributed by atoms with Crippen molar-refractivity contribution < 1.29 is 19.0 Å². The van der Waals surface area contributed by atoms with Crippen LogP contribution >= 0.6 is 0 Å². The van der Waals surface area contributed by atoms with Crippen LogP contribution in [0.2, 0.25) is 0 Å². The molecule has 0 aliphatic carbocycles. The Balaban J connectivity index is 2.00. The Kier molecular flexibility index (Phi) is 4.65. The second kappa shape index (κ2) is 6.89. The second-order valence-corrected chi connectivity index (χ2v) is 5.85. The van der Waals surface area contributed by atoms with Crippen LogP contribution in [-0.2, 0) is 11.2 Å². The maximum Gasteiger partial charge on any atom is 0.341 e. The quantitative estimate of drug-likeness (QED) is 0.725. The van der Waals surface area contributed by atoms with Crippen LogP contribution in [0.15, 0.2) is 42.6 Å². The predicted octanol–water partition coefficient (Wildman–Crippen LogP) is 4.16. The van der Waals surface area contributed by atoms with E-state index in [1.807, 2.05) is 13.0 Å². The Morgan fingerprint density at radius 1 is 1.20 bits per heavy atom. The molecule has 2 aromatic carbocycles. The number of nitrogens with zero attached hydrogens (tertiary/aromatic N) is 1. The molecule has 3 rings (SSSR count). The number of rotatable bonds is 4. The monoisotopic (exact) mass is 339 g/mol. The van der Waals surface area contributed by atoms with Crippen molar-refractivity contribution in [2.24, 2.45) is 0 Å². The molecule has 0 atom stereocenters. The molecule has 0 bridgehead atoms. The van der Waals surface area contributed by atoms with Crippen LogP contribution < -0.4 is 0 Å². The Hall–Kier alpha value is -2.95. The first-order valence-corrected chi connectivity index (χ1v) is 8.02. The van der Waals surface area contributed by atoms with Gasteiger partial charge < -0.3 is 9.84 Å². The molecular weight excluding hydrogens is 321 g/mol. The number of carbonyl (C=O) groups is 1. The van der Waals surface area contributed by atoms with E-state index in [0.29, 0.717) is 11.9 Å². The summed E-state index contributed by atoms with van der Waals surface area (Å²) in [6, 6.07) is 9.84. The van der Waals surface area contributed by atoms with Gasteiger partial charge in [-0.1, -0.05) is 12.1 Å². The zero-order valence-corrected chi connectivity index (χ0v) is 14.0. The van der Waals surface area contributed by atoms with Crippen molar-refractivity contribution >= 4 is 16.9 Å². The van der Waals surface area contributed by atoms with Crippen LogP contribution in [0.25, 0.3) is 10.9 Å². The number of aromatic nitrogens is 1. The van der Waals surface area contributed by atoms with E-state index in [0.717, 1.165) is 22.1 Å². The molecule has 3 aromatic rings. The Morgan fingerprint density at radius 3 is 2.60 bits per heavy atom. The second-order valence-electron chi connectivity index (χ2n) is 5.85. The van der Waals surface area contributed by atoms with E-state index >= 15 is 0 Å². The third kappa shape index (κ3) is 3.45. The molecule has 128 valence electrons. The maximum absolute atomic E-state index is 13.0. The highest BCUT2D eigenvalue weighted by Gasteiger charge is 2.18. The van der Waals surface area contributed by atoms with Crippen molar-refractivity contribution in [1.82, 2.24) is 4.98 Å². The van der Waals surface area contributed by atoms with Crippen molar-refractivity contribution in [2.75, 3.05) is 6.61 Å². The summed E-state index contributed by atoms with van der Waals surface area (Å²) >= 11 is 0. The number of hydrogen-bond acceptors (Lipinski definition) is 4. The molecule has 4 nitrogen and oxygen atoms in total. The number of ether oxygens (including phenoxy) is 1. The minimum absolute atomic E-state index is 0.116. The lowest BCUT2D eigenvalue weighted by atomic mass is 10.00. The van der Waals surface area contributed by atoms with Gasteiger partial charge in [0.15, 0.2) is 5.75 Å². The van der Waals surface area contributed by atoms with Crippen molar-refractivity contribution in [3.05, 3.63) is 70.7 Å². The lowest BCUT2D eigenvalue weighted by Gasteiger charge is -2.11. The first-order valence-electron chi connectivity index (χ1n) is 8.02. The number of halogens is 1. The molecule has 0 amide bonds. The number of fused-ring (bicyclic) bond motifs is 1. The van der Waals surface area contributed by atoms with Gasteiger partial charge in [0.05, 0.1) is 6.61 Å². The summed E-state index contributed by atoms with van der Waals surface area (Å²) in [6.07, 6.45) is 2.25. The summed E-state index contributed by atoms with van der Waals surface area (Å²) in [5, 5.41) is 11.1. The topological polar surface area (TPSA) is 59.4 Å². The van der Waals surface area contributed by atoms with Gasteiger partial charge in [-0.25, -0.2) is 9.18 Å². The number of benzene rings is 2. The normalized spacial score (nSPS) is 10.8. The molecule has 0 saturated carbocycles. The van der Waals surface area contributed by atoms with Gasteiger partial charge in [0.25, 0.3) is 0 Å². The van der Waals surface area contributed by atoms with Gasteiger partial charge in [-0.15, -0.1) is 0 Å². The highest BCUT2D eigenvalue weighted by atomic mass is 19.1. The van der Waals surface area contributed by atoms with E-state index in [1.165, 1.54) is 12.1 Å². The predicted molar refractivity (Wildman–Crippen MR) is 93.3 cm³/mol. The van der Waals surface area contributed by atoms with Gasteiger partial charge in [0.2, 0.25) is 0 Å². The number of phenolic OH excluding ortho intramolecular Hbond substituents is 1. The van der Waals surface area contributed by atoms with Crippen LogP contribution in [0.5, 0.6) is 5.75 Å². The summed E-state index contributed by atoms with van der Waals surface area (Å²) in [5.74, 6) is -1.01. The van der Waals surface area contributed by atoms with Crippen LogP contribution in [0.3, 0.4) is 0 Å². The smallest absolute Gasteiger partial charge is 0.341 e. The molecule has 1 aromatic heterocycles. The van der Waals surface area contributed by atoms with E-state index < -0.39 is 5.97 Å². The number of carbonyl (C=O) groups excluding carboxylic acids is 1. The third-order valence-electron chi connectivity index (χ3n) is 4.03. The molecular formula is C20H18FNO3. The zero-order chi connectivity index (χ0) is 18.0. The van der Waals surface area contributed by atoms with Gasteiger partial charge in [-0.05, 0) is 61.2 Å². The van der Waals surface area contributed by atoms with E-state index in [2.05, 4.69) is 4.98 Å². The van der Waals surface area contributed by atoms with Crippen LogP contribution in [-0.4, -0.2) is 22.7 Å². The Bertz CT molecular complexity index is 936. The minimum atomic E-state index is -0.567. The number of aromatic hydroxyl groups is 1. The first-order chi connectivity index (χ1) is 12.0. The van der Waals surface area contributed by atoms with Crippen LogP contribution in [0.1, 0.15) is 34.0 Å². The molecule has 0 fully saturated rings.